The third-order valence-electron chi connectivity index (χ3n) is 5.98. The van der Waals surface area contributed by atoms with Crippen LogP contribution < -0.4 is 14.8 Å². The highest BCUT2D eigenvalue weighted by Crippen LogP contribution is 2.36. The number of nitrogens with one attached hydrogen (secondary N) is 1. The lowest BCUT2D eigenvalue weighted by molar-refractivity contribution is -0.132. The Bertz CT molecular complexity index is 915. The molecule has 0 radical (unpaired) electrons. The fraction of sp³-hybridized carbons (Fsp3) is 0.417. The summed E-state index contributed by atoms with van der Waals surface area (Å²) in [6, 6.07) is 15.9. The smallest absolute Gasteiger partial charge is 0.231 e. The molecular weight excluding hydrogens is 380 g/mol. The van der Waals surface area contributed by atoms with Gasteiger partial charge in [0.25, 0.3) is 0 Å². The molecule has 0 spiro atoms. The Morgan fingerprint density at radius 3 is 2.63 bits per heavy atom. The lowest BCUT2D eigenvalue weighted by atomic mass is 9.84. The molecule has 158 valence electrons. The zero-order chi connectivity index (χ0) is 21.0. The Hall–Kier alpha value is -3.02. The molecule has 1 fully saturated rings. The molecule has 0 aliphatic carbocycles. The van der Waals surface area contributed by atoms with Crippen molar-refractivity contribution in [3.63, 3.8) is 0 Å². The molecule has 0 saturated carbocycles. The molecule has 6 nitrogen and oxygen atoms in total. The summed E-state index contributed by atoms with van der Waals surface area (Å²) in [6.07, 6.45) is 2.94. The summed E-state index contributed by atoms with van der Waals surface area (Å²) in [7, 11) is 0. The maximum Gasteiger partial charge on any atom is 0.231 e. The van der Waals surface area contributed by atoms with Gasteiger partial charge in [0.05, 0.1) is 0 Å². The van der Waals surface area contributed by atoms with Crippen LogP contribution in [-0.2, 0) is 22.6 Å². The largest absolute Gasteiger partial charge is 0.454 e. The minimum absolute atomic E-state index is 0.0554. The van der Waals surface area contributed by atoms with Crippen LogP contribution in [0.1, 0.15) is 43.7 Å². The van der Waals surface area contributed by atoms with Crippen molar-refractivity contribution in [3.8, 4) is 11.5 Å². The molecular formula is C24H28N2O4. The van der Waals surface area contributed by atoms with Gasteiger partial charge in [-0.05, 0) is 49.4 Å². The van der Waals surface area contributed by atoms with E-state index in [-0.39, 0.29) is 18.6 Å². The van der Waals surface area contributed by atoms with Crippen LogP contribution in [0, 0.1) is 0 Å². The summed E-state index contributed by atoms with van der Waals surface area (Å²) in [6.45, 7) is 3.51. The molecule has 2 aliphatic rings. The van der Waals surface area contributed by atoms with E-state index in [0.717, 1.165) is 29.0 Å². The highest BCUT2D eigenvalue weighted by atomic mass is 16.7. The molecule has 0 aromatic heterocycles. The van der Waals surface area contributed by atoms with Crippen LogP contribution in [0.2, 0.25) is 0 Å². The number of hydrogen-bond donors (Lipinski definition) is 1. The number of carbonyl (C=O) groups excluding carboxylic acids is 2. The summed E-state index contributed by atoms with van der Waals surface area (Å²) in [5, 5.41) is 3.16. The van der Waals surface area contributed by atoms with Gasteiger partial charge in [-0.1, -0.05) is 36.4 Å². The highest BCUT2D eigenvalue weighted by Gasteiger charge is 2.38. The van der Waals surface area contributed by atoms with E-state index in [9.17, 15) is 9.59 Å². The van der Waals surface area contributed by atoms with Crippen molar-refractivity contribution in [1.82, 2.24) is 10.2 Å². The maximum absolute atomic E-state index is 12.9. The summed E-state index contributed by atoms with van der Waals surface area (Å²) in [4.78, 5) is 26.9. The van der Waals surface area contributed by atoms with Crippen molar-refractivity contribution in [2.24, 2.45) is 0 Å². The van der Waals surface area contributed by atoms with Crippen molar-refractivity contribution in [2.45, 2.75) is 51.1 Å². The van der Waals surface area contributed by atoms with E-state index in [1.54, 1.807) is 0 Å². The number of hydrogen-bond acceptors (Lipinski definition) is 4. The van der Waals surface area contributed by atoms with Crippen molar-refractivity contribution in [2.75, 3.05) is 13.3 Å². The van der Waals surface area contributed by atoms with Crippen LogP contribution in [0.3, 0.4) is 0 Å². The molecule has 2 amide bonds. The van der Waals surface area contributed by atoms with E-state index in [1.165, 1.54) is 0 Å². The molecule has 2 heterocycles. The second-order valence-corrected chi connectivity index (χ2v) is 8.09. The maximum atomic E-state index is 12.9. The van der Waals surface area contributed by atoms with Gasteiger partial charge in [0.2, 0.25) is 18.6 Å². The first kappa shape index (κ1) is 20.3. The van der Waals surface area contributed by atoms with E-state index in [4.69, 9.17) is 9.47 Å². The van der Waals surface area contributed by atoms with E-state index >= 15 is 0 Å². The third kappa shape index (κ3) is 4.58. The topological polar surface area (TPSA) is 67.9 Å². The average Bonchev–Trinajstić information content (AvgIpc) is 3.37. The number of amides is 2. The average molecular weight is 408 g/mol. The molecule has 2 aromatic carbocycles. The lowest BCUT2D eigenvalue weighted by Crippen LogP contribution is -2.44. The van der Waals surface area contributed by atoms with Gasteiger partial charge in [-0.2, -0.15) is 0 Å². The third-order valence-corrected chi connectivity index (χ3v) is 5.98. The van der Waals surface area contributed by atoms with E-state index < -0.39 is 5.54 Å². The normalized spacial score (nSPS) is 19.6. The molecule has 1 saturated heterocycles. The van der Waals surface area contributed by atoms with Gasteiger partial charge in [0, 0.05) is 31.5 Å². The molecule has 0 unspecified atom stereocenters. The zero-order valence-electron chi connectivity index (χ0n) is 17.4. The summed E-state index contributed by atoms with van der Waals surface area (Å²) in [5.41, 5.74) is 1.80. The monoisotopic (exact) mass is 408 g/mol. The number of nitrogens with zero attached hydrogens (tertiary/aromatic N) is 1. The summed E-state index contributed by atoms with van der Waals surface area (Å²) in [5.74, 6) is 1.66. The van der Waals surface area contributed by atoms with Crippen molar-refractivity contribution < 1.29 is 19.1 Å². The Morgan fingerprint density at radius 1 is 1.10 bits per heavy atom. The number of benzene rings is 2. The first-order chi connectivity index (χ1) is 14.6. The number of rotatable bonds is 8. The molecule has 4 rings (SSSR count). The Labute approximate surface area is 177 Å². The van der Waals surface area contributed by atoms with Crippen LogP contribution in [0.15, 0.2) is 48.5 Å². The summed E-state index contributed by atoms with van der Waals surface area (Å²) < 4.78 is 10.9. The van der Waals surface area contributed by atoms with E-state index in [2.05, 4.69) is 5.32 Å². The number of ether oxygens (including phenoxy) is 2. The van der Waals surface area contributed by atoms with Gasteiger partial charge < -0.3 is 19.7 Å². The highest BCUT2D eigenvalue weighted by molar-refractivity contribution is 5.80. The standard InChI is InChI=1S/C24H28N2O4/c1-2-26(16-18-6-4-3-5-7-18)23(28)11-13-24(12-10-22(27)25-24)15-19-8-9-20-21(14-19)30-17-29-20/h3-9,14H,2,10-13,15-17H2,1H3,(H,25,27)/t24-/m1/s1. The van der Waals surface area contributed by atoms with Gasteiger partial charge >= 0.3 is 0 Å². The SMILES string of the molecule is CCN(Cc1ccccc1)C(=O)CC[C@@]1(Cc2ccc3c(c2)OCO3)CCC(=O)N1. The van der Waals surface area contributed by atoms with Gasteiger partial charge in [-0.3, -0.25) is 9.59 Å². The predicted molar refractivity (Wildman–Crippen MR) is 113 cm³/mol. The summed E-state index contributed by atoms with van der Waals surface area (Å²) >= 11 is 0. The molecule has 2 aliphatic heterocycles. The minimum Gasteiger partial charge on any atom is -0.454 e. The molecule has 30 heavy (non-hydrogen) atoms. The van der Waals surface area contributed by atoms with Crippen LogP contribution in [-0.4, -0.2) is 35.6 Å². The zero-order valence-corrected chi connectivity index (χ0v) is 17.4. The second-order valence-electron chi connectivity index (χ2n) is 8.09. The predicted octanol–water partition coefficient (Wildman–Crippen LogP) is 3.44. The first-order valence-electron chi connectivity index (χ1n) is 10.6. The number of fused-ring (bicyclic) bond motifs is 1. The van der Waals surface area contributed by atoms with Crippen molar-refractivity contribution in [1.29, 1.82) is 0 Å². The van der Waals surface area contributed by atoms with Crippen LogP contribution in [0.4, 0.5) is 0 Å². The van der Waals surface area contributed by atoms with Crippen LogP contribution in [0.25, 0.3) is 0 Å². The fourth-order valence-electron chi connectivity index (χ4n) is 4.31. The molecule has 1 N–H and O–H groups in total. The minimum atomic E-state index is -0.396. The van der Waals surface area contributed by atoms with E-state index in [0.29, 0.717) is 38.8 Å². The number of carbonyl (C=O) groups is 2. The van der Waals surface area contributed by atoms with Crippen LogP contribution in [0.5, 0.6) is 11.5 Å². The molecule has 6 heteroatoms. The van der Waals surface area contributed by atoms with Gasteiger partial charge in [0.15, 0.2) is 11.5 Å². The molecule has 0 bridgehead atoms. The van der Waals surface area contributed by atoms with Crippen LogP contribution >= 0.6 is 0 Å². The van der Waals surface area contributed by atoms with Crippen molar-refractivity contribution >= 4 is 11.8 Å². The molecule has 2 aromatic rings. The Balaban J connectivity index is 1.42. The van der Waals surface area contributed by atoms with Gasteiger partial charge in [-0.25, -0.2) is 0 Å². The second kappa shape index (κ2) is 8.78. The Kier molecular flexibility index (Phi) is 5.93. The lowest BCUT2D eigenvalue weighted by Gasteiger charge is -2.30. The van der Waals surface area contributed by atoms with E-state index in [1.807, 2.05) is 60.4 Å². The van der Waals surface area contributed by atoms with Crippen molar-refractivity contribution in [3.05, 3.63) is 59.7 Å². The van der Waals surface area contributed by atoms with Gasteiger partial charge in [0.1, 0.15) is 0 Å². The van der Waals surface area contributed by atoms with Gasteiger partial charge in [-0.15, -0.1) is 0 Å². The quantitative estimate of drug-likeness (QED) is 0.727. The fourth-order valence-corrected chi connectivity index (χ4v) is 4.31. The molecule has 1 atom stereocenters. The first-order valence-corrected chi connectivity index (χ1v) is 10.6. The Morgan fingerprint density at radius 2 is 1.90 bits per heavy atom.